The Labute approximate surface area is 90.4 Å². The normalized spacial score (nSPS) is 11.0. The lowest BCUT2D eigenvalue weighted by Crippen LogP contribution is -1.82. The lowest BCUT2D eigenvalue weighted by Gasteiger charge is -1.97. The van der Waals surface area contributed by atoms with Gasteiger partial charge in [-0.1, -0.05) is 17.4 Å². The molecule has 2 aromatic rings. The zero-order valence-corrected chi connectivity index (χ0v) is 8.90. The minimum atomic E-state index is 0.00821. The van der Waals surface area contributed by atoms with Gasteiger partial charge in [0.15, 0.2) is 5.06 Å². The molecule has 0 amide bonds. The highest BCUT2D eigenvalue weighted by Crippen LogP contribution is 2.37. The van der Waals surface area contributed by atoms with Gasteiger partial charge in [-0.05, 0) is 17.7 Å². The van der Waals surface area contributed by atoms with Gasteiger partial charge in [-0.15, -0.1) is 11.6 Å². The number of hydrogen-bond donors (Lipinski definition) is 2. The Kier molecular flexibility index (Phi) is 2.63. The fourth-order valence-electron chi connectivity index (χ4n) is 1.41. The first-order valence-corrected chi connectivity index (χ1v) is 5.51. The maximum atomic E-state index is 9.57. The van der Waals surface area contributed by atoms with Gasteiger partial charge in [0.1, 0.15) is 0 Å². The molecule has 0 saturated carbocycles. The Hall–Kier alpha value is -0.770. The smallest absolute Gasteiger partial charge is 0.176 e. The summed E-state index contributed by atoms with van der Waals surface area (Å²) in [6.45, 7) is 0.00821. The second-order valence-electron chi connectivity index (χ2n) is 3.01. The summed E-state index contributed by atoms with van der Waals surface area (Å²) in [5, 5.41) is 19.8. The fraction of sp³-hybridized carbons (Fsp3) is 0.200. The van der Waals surface area contributed by atoms with E-state index in [0.29, 0.717) is 5.88 Å². The lowest BCUT2D eigenvalue weighted by atomic mass is 10.1. The summed E-state index contributed by atoms with van der Waals surface area (Å²) in [7, 11) is 0. The molecule has 0 fully saturated rings. The largest absolute Gasteiger partial charge is 0.499 e. The SMILES string of the molecule is OCc1ccc2sc(O)c(CCl)c2c1. The average molecular weight is 229 g/mol. The molecule has 0 aliphatic carbocycles. The van der Waals surface area contributed by atoms with Gasteiger partial charge >= 0.3 is 0 Å². The first-order chi connectivity index (χ1) is 6.76. The second kappa shape index (κ2) is 3.77. The van der Waals surface area contributed by atoms with Crippen molar-refractivity contribution in [3.8, 4) is 5.06 Å². The van der Waals surface area contributed by atoms with Crippen LogP contribution in [0.4, 0.5) is 0 Å². The molecule has 1 aromatic heterocycles. The van der Waals surface area contributed by atoms with Crippen LogP contribution in [0, 0.1) is 0 Å². The van der Waals surface area contributed by atoms with Gasteiger partial charge in [0.05, 0.1) is 12.5 Å². The monoisotopic (exact) mass is 228 g/mol. The molecule has 0 unspecified atom stereocenters. The maximum absolute atomic E-state index is 9.57. The van der Waals surface area contributed by atoms with Crippen LogP contribution in [-0.4, -0.2) is 10.2 Å². The van der Waals surface area contributed by atoms with Crippen LogP contribution in [-0.2, 0) is 12.5 Å². The molecule has 2 nitrogen and oxygen atoms in total. The molecule has 1 heterocycles. The summed E-state index contributed by atoms with van der Waals surface area (Å²) in [4.78, 5) is 0. The van der Waals surface area contributed by atoms with Crippen molar-refractivity contribution in [2.45, 2.75) is 12.5 Å². The predicted molar refractivity (Wildman–Crippen MR) is 59.0 cm³/mol. The molecule has 0 aliphatic heterocycles. The first-order valence-electron chi connectivity index (χ1n) is 4.16. The van der Waals surface area contributed by atoms with Crippen molar-refractivity contribution in [3.05, 3.63) is 29.3 Å². The van der Waals surface area contributed by atoms with E-state index in [1.54, 1.807) is 0 Å². The van der Waals surface area contributed by atoms with Crippen molar-refractivity contribution in [3.63, 3.8) is 0 Å². The van der Waals surface area contributed by atoms with E-state index in [9.17, 15) is 5.11 Å². The highest BCUT2D eigenvalue weighted by atomic mass is 35.5. The molecule has 74 valence electrons. The van der Waals surface area contributed by atoms with Gasteiger partial charge in [-0.2, -0.15) is 0 Å². The lowest BCUT2D eigenvalue weighted by molar-refractivity contribution is 0.282. The van der Waals surface area contributed by atoms with Crippen LogP contribution in [0.5, 0.6) is 5.06 Å². The predicted octanol–water partition coefficient (Wildman–Crippen LogP) is 2.84. The number of halogens is 1. The van der Waals surface area contributed by atoms with Crippen LogP contribution in [0.3, 0.4) is 0 Å². The number of fused-ring (bicyclic) bond motifs is 1. The summed E-state index contributed by atoms with van der Waals surface area (Å²) < 4.78 is 0.996. The molecule has 0 saturated heterocycles. The third-order valence-electron chi connectivity index (χ3n) is 2.15. The number of aromatic hydroxyl groups is 1. The van der Waals surface area contributed by atoms with Crippen LogP contribution in [0.25, 0.3) is 10.1 Å². The van der Waals surface area contributed by atoms with Gasteiger partial charge in [-0.3, -0.25) is 0 Å². The minimum Gasteiger partial charge on any atom is -0.499 e. The van der Waals surface area contributed by atoms with E-state index in [1.807, 2.05) is 18.2 Å². The molecule has 1 aromatic carbocycles. The van der Waals surface area contributed by atoms with Crippen molar-refractivity contribution in [1.82, 2.24) is 0 Å². The van der Waals surface area contributed by atoms with E-state index in [-0.39, 0.29) is 11.7 Å². The van der Waals surface area contributed by atoms with E-state index < -0.39 is 0 Å². The van der Waals surface area contributed by atoms with Crippen LogP contribution < -0.4 is 0 Å². The van der Waals surface area contributed by atoms with Crippen molar-refractivity contribution >= 4 is 33.0 Å². The Bertz CT molecular complexity index is 464. The summed E-state index contributed by atoms with van der Waals surface area (Å²) in [6.07, 6.45) is 0. The molecular formula is C10H9ClO2S. The number of thiophene rings is 1. The standard InChI is InChI=1S/C10H9ClO2S/c11-4-8-7-3-6(5-12)1-2-9(7)14-10(8)13/h1-3,12-13H,4-5H2. The van der Waals surface area contributed by atoms with Gasteiger partial charge in [0, 0.05) is 15.6 Å². The Morgan fingerprint density at radius 3 is 2.79 bits per heavy atom. The van der Waals surface area contributed by atoms with Crippen LogP contribution in [0.1, 0.15) is 11.1 Å². The third kappa shape index (κ3) is 1.47. The molecule has 2 rings (SSSR count). The Balaban J connectivity index is 2.71. The summed E-state index contributed by atoms with van der Waals surface area (Å²) in [5.74, 6) is 0.292. The average Bonchev–Trinajstić information content (AvgIpc) is 2.52. The number of alkyl halides is 1. The van der Waals surface area contributed by atoms with Crippen LogP contribution >= 0.6 is 22.9 Å². The molecule has 14 heavy (non-hydrogen) atoms. The van der Waals surface area contributed by atoms with E-state index in [1.165, 1.54) is 11.3 Å². The third-order valence-corrected chi connectivity index (χ3v) is 3.43. The molecular weight excluding hydrogens is 220 g/mol. The Morgan fingerprint density at radius 2 is 2.14 bits per heavy atom. The summed E-state index contributed by atoms with van der Waals surface area (Å²) >= 11 is 7.04. The van der Waals surface area contributed by atoms with Crippen molar-refractivity contribution < 1.29 is 10.2 Å². The molecule has 0 aliphatic rings. The number of aliphatic hydroxyl groups is 1. The molecule has 4 heteroatoms. The summed E-state index contributed by atoms with van der Waals surface area (Å²) in [5.41, 5.74) is 1.59. The molecule has 0 spiro atoms. The van der Waals surface area contributed by atoms with E-state index in [0.717, 1.165) is 21.2 Å². The van der Waals surface area contributed by atoms with Gasteiger partial charge < -0.3 is 10.2 Å². The molecule has 0 bridgehead atoms. The highest BCUT2D eigenvalue weighted by Gasteiger charge is 2.10. The van der Waals surface area contributed by atoms with E-state index in [2.05, 4.69) is 0 Å². The van der Waals surface area contributed by atoms with Crippen LogP contribution in [0.15, 0.2) is 18.2 Å². The van der Waals surface area contributed by atoms with Crippen molar-refractivity contribution in [2.24, 2.45) is 0 Å². The van der Waals surface area contributed by atoms with Crippen molar-refractivity contribution in [2.75, 3.05) is 0 Å². The van der Waals surface area contributed by atoms with E-state index >= 15 is 0 Å². The number of benzene rings is 1. The number of rotatable bonds is 2. The minimum absolute atomic E-state index is 0.00821. The molecule has 0 radical (unpaired) electrons. The highest BCUT2D eigenvalue weighted by molar-refractivity contribution is 7.20. The van der Waals surface area contributed by atoms with Gasteiger partial charge in [-0.25, -0.2) is 0 Å². The topological polar surface area (TPSA) is 40.5 Å². The number of aliphatic hydroxyl groups excluding tert-OH is 1. The van der Waals surface area contributed by atoms with Gasteiger partial charge in [0.2, 0.25) is 0 Å². The van der Waals surface area contributed by atoms with Crippen LogP contribution in [0.2, 0.25) is 0 Å². The first kappa shape index (κ1) is 9.77. The maximum Gasteiger partial charge on any atom is 0.176 e. The van der Waals surface area contributed by atoms with E-state index in [4.69, 9.17) is 16.7 Å². The fourth-order valence-corrected chi connectivity index (χ4v) is 2.70. The number of hydrogen-bond acceptors (Lipinski definition) is 3. The Morgan fingerprint density at radius 1 is 1.36 bits per heavy atom. The molecule has 2 N–H and O–H groups in total. The zero-order valence-electron chi connectivity index (χ0n) is 7.33. The summed E-state index contributed by atoms with van der Waals surface area (Å²) in [6, 6.07) is 5.60. The quantitative estimate of drug-likeness (QED) is 0.776. The van der Waals surface area contributed by atoms with Crippen molar-refractivity contribution in [1.29, 1.82) is 0 Å². The molecule has 0 atom stereocenters. The second-order valence-corrected chi connectivity index (χ2v) is 4.31. The zero-order chi connectivity index (χ0) is 10.1. The van der Waals surface area contributed by atoms with Gasteiger partial charge in [0.25, 0.3) is 0 Å².